The Morgan fingerprint density at radius 3 is 2.77 bits per heavy atom. The first-order valence-electron chi connectivity index (χ1n) is 12.6. The quantitative estimate of drug-likeness (QED) is 0.496. The fourth-order valence-corrected chi connectivity index (χ4v) is 4.87. The second kappa shape index (κ2) is 11.1. The highest BCUT2D eigenvalue weighted by Crippen LogP contribution is 2.23. The summed E-state index contributed by atoms with van der Waals surface area (Å²) in [5, 5.41) is 11.1. The molecule has 1 aliphatic heterocycles. The number of hydrogen-bond donors (Lipinski definition) is 2. The summed E-state index contributed by atoms with van der Waals surface area (Å²) in [5.41, 5.74) is 5.71. The van der Waals surface area contributed by atoms with Crippen LogP contribution >= 0.6 is 0 Å². The van der Waals surface area contributed by atoms with Gasteiger partial charge >= 0.3 is 0 Å². The molecule has 184 valence electrons. The molecule has 3 aromatic rings. The van der Waals surface area contributed by atoms with E-state index in [0.717, 1.165) is 63.2 Å². The fourth-order valence-electron chi connectivity index (χ4n) is 4.87. The molecule has 2 aliphatic rings. The van der Waals surface area contributed by atoms with Crippen LogP contribution in [0.25, 0.3) is 0 Å². The van der Waals surface area contributed by atoms with Gasteiger partial charge in [0.25, 0.3) is 5.91 Å². The summed E-state index contributed by atoms with van der Waals surface area (Å²) in [5.74, 6) is 0.744. The van der Waals surface area contributed by atoms with Gasteiger partial charge in [-0.15, -0.1) is 0 Å². The van der Waals surface area contributed by atoms with E-state index in [4.69, 9.17) is 9.47 Å². The van der Waals surface area contributed by atoms with Crippen LogP contribution in [0.2, 0.25) is 0 Å². The largest absolute Gasteiger partial charge is 0.491 e. The van der Waals surface area contributed by atoms with Gasteiger partial charge in [0.2, 0.25) is 0 Å². The number of hydrogen-bond acceptors (Lipinski definition) is 5. The molecule has 0 bridgehead atoms. The maximum atomic E-state index is 12.8. The minimum atomic E-state index is -0.0283. The lowest BCUT2D eigenvalue weighted by Crippen LogP contribution is -2.38. The Labute approximate surface area is 206 Å². The van der Waals surface area contributed by atoms with Gasteiger partial charge in [-0.05, 0) is 79.1 Å². The highest BCUT2D eigenvalue weighted by atomic mass is 16.5. The van der Waals surface area contributed by atoms with Crippen LogP contribution in [0.4, 0.5) is 0 Å². The number of aryl methyl sites for hydroxylation is 2. The summed E-state index contributed by atoms with van der Waals surface area (Å²) < 4.78 is 13.2. The molecule has 2 aromatic carbocycles. The smallest absolute Gasteiger partial charge is 0.251 e. The number of fused-ring (bicyclic) bond motifs is 1. The average molecular weight is 475 g/mol. The number of rotatable bonds is 9. The predicted molar refractivity (Wildman–Crippen MR) is 134 cm³/mol. The van der Waals surface area contributed by atoms with Gasteiger partial charge in [0, 0.05) is 44.5 Å². The van der Waals surface area contributed by atoms with Crippen molar-refractivity contribution in [3.05, 3.63) is 82.7 Å². The molecule has 0 spiro atoms. The zero-order valence-corrected chi connectivity index (χ0v) is 20.3. The van der Waals surface area contributed by atoms with Crippen molar-refractivity contribution >= 4 is 5.91 Å². The zero-order valence-electron chi connectivity index (χ0n) is 20.3. The number of ether oxygens (including phenoxy) is 2. The third-order valence-electron chi connectivity index (χ3n) is 6.81. The molecule has 1 fully saturated rings. The van der Waals surface area contributed by atoms with Gasteiger partial charge in [0.05, 0.1) is 11.8 Å². The SMILES string of the molecule is Cn1ccc(CNCc2ccc3c(c2)CC[C@H](NC(=O)c2ccc(OC[C@@H]4CCCO4)cc2)C3)n1. The van der Waals surface area contributed by atoms with Gasteiger partial charge in [0.1, 0.15) is 12.4 Å². The minimum absolute atomic E-state index is 0.0283. The maximum Gasteiger partial charge on any atom is 0.251 e. The molecule has 2 atom stereocenters. The average Bonchev–Trinajstić information content (AvgIpc) is 3.55. The third-order valence-corrected chi connectivity index (χ3v) is 6.81. The Hall–Kier alpha value is -3.16. The molecule has 1 aliphatic carbocycles. The number of benzene rings is 2. The summed E-state index contributed by atoms with van der Waals surface area (Å²) in [4.78, 5) is 12.8. The van der Waals surface area contributed by atoms with Gasteiger partial charge < -0.3 is 20.1 Å². The number of nitrogens with zero attached hydrogens (tertiary/aromatic N) is 2. The van der Waals surface area contributed by atoms with Gasteiger partial charge in [-0.2, -0.15) is 5.10 Å². The Balaban J connectivity index is 1.09. The number of carbonyl (C=O) groups excluding carboxylic acids is 1. The fraction of sp³-hybridized carbons (Fsp3) is 0.429. The van der Waals surface area contributed by atoms with Crippen molar-refractivity contribution in [1.29, 1.82) is 0 Å². The second-order valence-corrected chi connectivity index (χ2v) is 9.57. The highest BCUT2D eigenvalue weighted by Gasteiger charge is 2.21. The van der Waals surface area contributed by atoms with Crippen molar-refractivity contribution < 1.29 is 14.3 Å². The molecule has 2 heterocycles. The van der Waals surface area contributed by atoms with Crippen molar-refractivity contribution in [3.63, 3.8) is 0 Å². The molecule has 35 heavy (non-hydrogen) atoms. The molecule has 7 nitrogen and oxygen atoms in total. The summed E-state index contributed by atoms with van der Waals surface area (Å²) in [7, 11) is 1.93. The Kier molecular flexibility index (Phi) is 7.45. The Bertz CT molecular complexity index is 1140. The number of amides is 1. The van der Waals surface area contributed by atoms with Crippen molar-refractivity contribution in [2.45, 2.75) is 57.3 Å². The lowest BCUT2D eigenvalue weighted by Gasteiger charge is -2.26. The molecule has 7 heteroatoms. The number of carbonyl (C=O) groups is 1. The van der Waals surface area contributed by atoms with Gasteiger partial charge in [-0.3, -0.25) is 9.48 Å². The molecule has 0 unspecified atom stereocenters. The Morgan fingerprint density at radius 2 is 2.00 bits per heavy atom. The van der Waals surface area contributed by atoms with Gasteiger partial charge in [-0.25, -0.2) is 0 Å². The van der Waals surface area contributed by atoms with Crippen LogP contribution in [0.3, 0.4) is 0 Å². The summed E-state index contributed by atoms with van der Waals surface area (Å²) >= 11 is 0. The van der Waals surface area contributed by atoms with E-state index in [9.17, 15) is 4.79 Å². The topological polar surface area (TPSA) is 77.4 Å². The van der Waals surface area contributed by atoms with E-state index in [1.165, 1.54) is 16.7 Å². The number of aromatic nitrogens is 2. The zero-order chi connectivity index (χ0) is 24.0. The molecule has 0 saturated carbocycles. The Morgan fingerprint density at radius 1 is 1.11 bits per heavy atom. The molecule has 1 amide bonds. The molecule has 5 rings (SSSR count). The van der Waals surface area contributed by atoms with Crippen LogP contribution in [-0.4, -0.2) is 41.0 Å². The van der Waals surface area contributed by atoms with Crippen molar-refractivity contribution in [3.8, 4) is 5.75 Å². The standard InChI is InChI=1S/C28H34N4O3/c1-32-13-12-25(31-32)18-29-17-20-4-5-23-16-24(9-6-22(23)15-20)30-28(33)21-7-10-26(11-8-21)35-19-27-3-2-14-34-27/h4-5,7-8,10-13,15,24,27,29H,2-3,6,9,14,16-19H2,1H3,(H,30,33)/t24-,27-/m0/s1. The molecule has 1 saturated heterocycles. The first-order valence-corrected chi connectivity index (χ1v) is 12.6. The predicted octanol–water partition coefficient (Wildman–Crippen LogP) is 3.56. The van der Waals surface area contributed by atoms with E-state index in [-0.39, 0.29) is 18.1 Å². The molecule has 0 radical (unpaired) electrons. The van der Waals surface area contributed by atoms with Gasteiger partial charge in [-0.1, -0.05) is 18.2 Å². The van der Waals surface area contributed by atoms with E-state index in [0.29, 0.717) is 12.2 Å². The summed E-state index contributed by atoms with van der Waals surface area (Å²) in [6, 6.07) is 16.3. The van der Waals surface area contributed by atoms with Gasteiger partial charge in [0.15, 0.2) is 0 Å². The van der Waals surface area contributed by atoms with Crippen molar-refractivity contribution in [2.75, 3.05) is 13.2 Å². The number of nitrogens with one attached hydrogen (secondary N) is 2. The van der Waals surface area contributed by atoms with Crippen molar-refractivity contribution in [1.82, 2.24) is 20.4 Å². The van der Waals surface area contributed by atoms with E-state index >= 15 is 0 Å². The van der Waals surface area contributed by atoms with Crippen LogP contribution in [0, 0.1) is 0 Å². The first-order chi connectivity index (χ1) is 17.1. The van der Waals surface area contributed by atoms with Crippen LogP contribution in [0.1, 0.15) is 52.0 Å². The maximum absolute atomic E-state index is 12.8. The first kappa shape index (κ1) is 23.6. The molecule has 2 N–H and O–H groups in total. The van der Waals surface area contributed by atoms with Crippen LogP contribution < -0.4 is 15.4 Å². The lowest BCUT2D eigenvalue weighted by atomic mass is 9.87. The van der Waals surface area contributed by atoms with E-state index in [2.05, 4.69) is 33.9 Å². The molecule has 1 aromatic heterocycles. The molecular formula is C28H34N4O3. The summed E-state index contributed by atoms with van der Waals surface area (Å²) in [6.07, 6.45) is 7.09. The van der Waals surface area contributed by atoms with Crippen LogP contribution in [-0.2, 0) is 37.7 Å². The lowest BCUT2D eigenvalue weighted by molar-refractivity contribution is 0.0679. The van der Waals surface area contributed by atoms with Crippen LogP contribution in [0.5, 0.6) is 5.75 Å². The molecular weight excluding hydrogens is 440 g/mol. The highest BCUT2D eigenvalue weighted by molar-refractivity contribution is 5.94. The summed E-state index contributed by atoms with van der Waals surface area (Å²) in [6.45, 7) is 2.96. The van der Waals surface area contributed by atoms with E-state index in [1.54, 1.807) is 0 Å². The minimum Gasteiger partial charge on any atom is -0.491 e. The second-order valence-electron chi connectivity index (χ2n) is 9.57. The van der Waals surface area contributed by atoms with Crippen molar-refractivity contribution in [2.24, 2.45) is 7.05 Å². The van der Waals surface area contributed by atoms with Crippen LogP contribution in [0.15, 0.2) is 54.7 Å². The van der Waals surface area contributed by atoms with E-state index < -0.39 is 0 Å². The van der Waals surface area contributed by atoms with E-state index in [1.807, 2.05) is 48.3 Å². The monoisotopic (exact) mass is 474 g/mol. The third kappa shape index (κ3) is 6.29. The normalized spacial score (nSPS) is 19.3.